The first-order valence-electron chi connectivity index (χ1n) is 10.3. The largest absolute Gasteiger partial charge is 0.364 e. The lowest BCUT2D eigenvalue weighted by atomic mass is 9.93. The highest BCUT2D eigenvalue weighted by atomic mass is 16.5. The van der Waals surface area contributed by atoms with Crippen molar-refractivity contribution in [2.45, 2.75) is 38.3 Å². The number of nitrogens with one attached hydrogen (secondary N) is 1. The third kappa shape index (κ3) is 4.82. The van der Waals surface area contributed by atoms with Crippen LogP contribution in [0.5, 0.6) is 0 Å². The number of pyridine rings is 1. The zero-order chi connectivity index (χ0) is 20.1. The number of hydrogen-bond donors (Lipinski definition) is 1. The minimum absolute atomic E-state index is 0.0160. The Labute approximate surface area is 170 Å². The minimum atomic E-state index is -0.0670. The predicted molar refractivity (Wildman–Crippen MR) is 106 cm³/mol. The Bertz CT molecular complexity index is 803. The fraction of sp³-hybridized carbons (Fsp3) is 0.524. The normalized spacial score (nSPS) is 21.1. The van der Waals surface area contributed by atoms with Crippen LogP contribution in [0, 0.1) is 5.92 Å². The summed E-state index contributed by atoms with van der Waals surface area (Å²) in [6.45, 7) is 3.70. The van der Waals surface area contributed by atoms with Gasteiger partial charge in [0.1, 0.15) is 6.26 Å². The van der Waals surface area contributed by atoms with Crippen LogP contribution in [0.2, 0.25) is 0 Å². The van der Waals surface area contributed by atoms with Crippen molar-refractivity contribution in [3.63, 3.8) is 0 Å². The summed E-state index contributed by atoms with van der Waals surface area (Å²) in [7, 11) is 0. The fourth-order valence-corrected chi connectivity index (χ4v) is 4.30. The smallest absolute Gasteiger partial charge is 0.276 e. The Morgan fingerprint density at radius 1 is 1.14 bits per heavy atom. The van der Waals surface area contributed by atoms with Gasteiger partial charge in [-0.25, -0.2) is 0 Å². The predicted octanol–water partition coefficient (Wildman–Crippen LogP) is 1.70. The molecule has 0 bridgehead atoms. The van der Waals surface area contributed by atoms with Crippen molar-refractivity contribution in [1.82, 2.24) is 25.3 Å². The van der Waals surface area contributed by atoms with Gasteiger partial charge in [0.25, 0.3) is 5.91 Å². The average molecular weight is 397 g/mol. The van der Waals surface area contributed by atoms with Crippen molar-refractivity contribution in [2.75, 3.05) is 26.2 Å². The molecular formula is C21H27N5O3. The molecule has 2 aliphatic rings. The molecule has 2 aliphatic heterocycles. The molecule has 8 nitrogen and oxygen atoms in total. The monoisotopic (exact) mass is 397 g/mol. The summed E-state index contributed by atoms with van der Waals surface area (Å²) in [5.74, 6) is 0.0591. The van der Waals surface area contributed by atoms with Crippen LogP contribution in [0.3, 0.4) is 0 Å². The highest BCUT2D eigenvalue weighted by molar-refractivity contribution is 5.92. The number of rotatable bonds is 5. The Hall–Kier alpha value is -2.74. The molecule has 8 heteroatoms. The Kier molecular flexibility index (Phi) is 6.19. The van der Waals surface area contributed by atoms with Crippen LogP contribution in [0.15, 0.2) is 41.2 Å². The zero-order valence-electron chi connectivity index (χ0n) is 16.5. The maximum atomic E-state index is 12.6. The van der Waals surface area contributed by atoms with Gasteiger partial charge in [-0.2, -0.15) is 0 Å². The SMILES string of the molecule is O=C(NCc1ccccn1)[C@@H]1CCCN(C2CCN(C(=O)c3ccon3)CC2)C1. The van der Waals surface area contributed by atoms with Crippen LogP contribution in [-0.4, -0.2) is 64.0 Å². The fourth-order valence-electron chi connectivity index (χ4n) is 4.30. The summed E-state index contributed by atoms with van der Waals surface area (Å²) < 4.78 is 4.78. The highest BCUT2D eigenvalue weighted by Gasteiger charge is 2.33. The molecule has 4 rings (SSSR count). The van der Waals surface area contributed by atoms with E-state index in [0.717, 1.165) is 44.5 Å². The molecule has 1 N–H and O–H groups in total. The molecule has 2 amide bonds. The summed E-state index contributed by atoms with van der Waals surface area (Å²) in [6, 6.07) is 7.74. The van der Waals surface area contributed by atoms with Crippen LogP contribution >= 0.6 is 0 Å². The molecule has 0 unspecified atom stereocenters. The lowest BCUT2D eigenvalue weighted by molar-refractivity contribution is -0.127. The molecule has 0 saturated carbocycles. The van der Waals surface area contributed by atoms with Gasteiger partial charge in [-0.1, -0.05) is 11.2 Å². The second kappa shape index (κ2) is 9.17. The number of nitrogens with zero attached hydrogens (tertiary/aromatic N) is 4. The number of carbonyl (C=O) groups is 2. The Morgan fingerprint density at radius 2 is 2.00 bits per heavy atom. The number of hydrogen-bond acceptors (Lipinski definition) is 6. The maximum Gasteiger partial charge on any atom is 0.276 e. The molecule has 0 aliphatic carbocycles. The molecule has 2 aromatic heterocycles. The lowest BCUT2D eigenvalue weighted by Gasteiger charge is -2.41. The highest BCUT2D eigenvalue weighted by Crippen LogP contribution is 2.24. The van der Waals surface area contributed by atoms with E-state index >= 15 is 0 Å². The molecule has 0 radical (unpaired) electrons. The molecule has 2 saturated heterocycles. The number of carbonyl (C=O) groups excluding carboxylic acids is 2. The van der Waals surface area contributed by atoms with Gasteiger partial charge in [0.05, 0.1) is 18.2 Å². The number of aromatic nitrogens is 2. The standard InChI is InChI=1S/C21H27N5O3/c27-20(23-14-17-5-1-2-9-22-17)16-4-3-10-26(15-16)18-6-11-25(12-7-18)21(28)19-8-13-29-24-19/h1-2,5,8-9,13,16,18H,3-4,6-7,10-12,14-15H2,(H,23,27)/t16-/m1/s1. The second-order valence-corrected chi connectivity index (χ2v) is 7.78. The van der Waals surface area contributed by atoms with Crippen molar-refractivity contribution < 1.29 is 14.1 Å². The van der Waals surface area contributed by atoms with Gasteiger partial charge in [0, 0.05) is 37.9 Å². The molecular weight excluding hydrogens is 370 g/mol. The van der Waals surface area contributed by atoms with Crippen LogP contribution < -0.4 is 5.32 Å². The third-order valence-electron chi connectivity index (χ3n) is 5.92. The van der Waals surface area contributed by atoms with E-state index in [9.17, 15) is 9.59 Å². The van der Waals surface area contributed by atoms with E-state index < -0.39 is 0 Å². The first kappa shape index (κ1) is 19.6. The Morgan fingerprint density at radius 3 is 2.72 bits per heavy atom. The summed E-state index contributed by atoms with van der Waals surface area (Å²) in [5.41, 5.74) is 1.24. The van der Waals surface area contributed by atoms with Crippen LogP contribution in [-0.2, 0) is 11.3 Å². The van der Waals surface area contributed by atoms with Gasteiger partial charge in [-0.15, -0.1) is 0 Å². The molecule has 2 aromatic rings. The van der Waals surface area contributed by atoms with E-state index in [2.05, 4.69) is 20.4 Å². The van der Waals surface area contributed by atoms with E-state index in [1.807, 2.05) is 23.1 Å². The van der Waals surface area contributed by atoms with E-state index in [1.54, 1.807) is 12.3 Å². The summed E-state index contributed by atoms with van der Waals surface area (Å²) in [6.07, 6.45) is 6.96. The van der Waals surface area contributed by atoms with Gasteiger partial charge in [0.2, 0.25) is 5.91 Å². The van der Waals surface area contributed by atoms with Crippen LogP contribution in [0.1, 0.15) is 41.9 Å². The zero-order valence-corrected chi connectivity index (χ0v) is 16.5. The quantitative estimate of drug-likeness (QED) is 0.826. The first-order chi connectivity index (χ1) is 14.2. The number of piperidine rings is 2. The van der Waals surface area contributed by atoms with E-state index in [-0.39, 0.29) is 17.7 Å². The van der Waals surface area contributed by atoms with Gasteiger partial charge in [0.15, 0.2) is 5.69 Å². The van der Waals surface area contributed by atoms with Gasteiger partial charge in [-0.05, 0) is 44.4 Å². The van der Waals surface area contributed by atoms with Crippen LogP contribution in [0.25, 0.3) is 0 Å². The summed E-state index contributed by atoms with van der Waals surface area (Å²) in [5, 5.41) is 6.78. The van der Waals surface area contributed by atoms with E-state index in [0.29, 0.717) is 31.4 Å². The van der Waals surface area contributed by atoms with Gasteiger partial charge < -0.3 is 14.7 Å². The van der Waals surface area contributed by atoms with Crippen molar-refractivity contribution in [2.24, 2.45) is 5.92 Å². The maximum absolute atomic E-state index is 12.6. The van der Waals surface area contributed by atoms with Crippen molar-refractivity contribution >= 4 is 11.8 Å². The lowest BCUT2D eigenvalue weighted by Crippen LogP contribution is -2.51. The Balaban J connectivity index is 1.25. The molecule has 4 heterocycles. The third-order valence-corrected chi connectivity index (χ3v) is 5.92. The number of amides is 2. The molecule has 1 atom stereocenters. The topological polar surface area (TPSA) is 91.6 Å². The second-order valence-electron chi connectivity index (χ2n) is 7.78. The minimum Gasteiger partial charge on any atom is -0.364 e. The summed E-state index contributed by atoms with van der Waals surface area (Å²) >= 11 is 0. The van der Waals surface area contributed by atoms with Gasteiger partial charge >= 0.3 is 0 Å². The summed E-state index contributed by atoms with van der Waals surface area (Å²) in [4.78, 5) is 33.6. The van der Waals surface area contributed by atoms with Crippen molar-refractivity contribution in [1.29, 1.82) is 0 Å². The van der Waals surface area contributed by atoms with Crippen molar-refractivity contribution in [3.05, 3.63) is 48.1 Å². The van der Waals surface area contributed by atoms with Crippen molar-refractivity contribution in [3.8, 4) is 0 Å². The average Bonchev–Trinajstić information content (AvgIpc) is 3.33. The molecule has 0 spiro atoms. The van der Waals surface area contributed by atoms with E-state index in [4.69, 9.17) is 4.52 Å². The molecule has 154 valence electrons. The first-order valence-corrected chi connectivity index (χ1v) is 10.3. The van der Waals surface area contributed by atoms with Crippen LogP contribution in [0.4, 0.5) is 0 Å². The number of likely N-dealkylation sites (tertiary alicyclic amines) is 2. The van der Waals surface area contributed by atoms with Gasteiger partial charge in [-0.3, -0.25) is 19.5 Å². The molecule has 2 fully saturated rings. The molecule has 0 aromatic carbocycles. The van der Waals surface area contributed by atoms with E-state index in [1.165, 1.54) is 6.26 Å². The molecule has 29 heavy (non-hydrogen) atoms.